The van der Waals surface area contributed by atoms with E-state index in [1.807, 2.05) is 19.1 Å². The summed E-state index contributed by atoms with van der Waals surface area (Å²) in [7, 11) is 1.28. The number of halogens is 1. The van der Waals surface area contributed by atoms with Crippen LogP contribution in [0.15, 0.2) is 34.9 Å². The number of ether oxygens (including phenoxy) is 3. The summed E-state index contributed by atoms with van der Waals surface area (Å²) in [6, 6.07) is 4.18. The second-order valence-corrected chi connectivity index (χ2v) is 6.17. The second-order valence-electron chi connectivity index (χ2n) is 5.76. The second kappa shape index (κ2) is 8.25. The Morgan fingerprint density at radius 2 is 2.04 bits per heavy atom. The van der Waals surface area contributed by atoms with Crippen LogP contribution in [0.4, 0.5) is 4.79 Å². The standard InChI is InChI=1S/C19H23ClO4/c1-5-14-9-13(3)18(10-12(14)2)23-11-15-16(20)7-6-8-17(15)24-19(21)22-4/h6-7,9-10,17H,5,8,11H2,1-4H3. The molecular formula is C19H23ClO4. The van der Waals surface area contributed by atoms with Crippen LogP contribution < -0.4 is 4.74 Å². The highest BCUT2D eigenvalue weighted by Gasteiger charge is 2.24. The minimum Gasteiger partial charge on any atom is -0.489 e. The summed E-state index contributed by atoms with van der Waals surface area (Å²) in [5.74, 6) is 0.813. The Bertz CT molecular complexity index is 676. The third kappa shape index (κ3) is 4.32. The average molecular weight is 351 g/mol. The third-order valence-corrected chi connectivity index (χ3v) is 4.48. The number of carbonyl (C=O) groups is 1. The zero-order valence-electron chi connectivity index (χ0n) is 14.5. The Labute approximate surface area is 148 Å². The van der Waals surface area contributed by atoms with Crippen molar-refractivity contribution in [1.29, 1.82) is 0 Å². The lowest BCUT2D eigenvalue weighted by molar-refractivity contribution is 0.0466. The van der Waals surface area contributed by atoms with Crippen LogP contribution in [0, 0.1) is 13.8 Å². The number of hydrogen-bond acceptors (Lipinski definition) is 4. The van der Waals surface area contributed by atoms with E-state index < -0.39 is 12.3 Å². The zero-order valence-corrected chi connectivity index (χ0v) is 15.3. The van der Waals surface area contributed by atoms with Crippen LogP contribution in [-0.4, -0.2) is 26.0 Å². The Kier molecular flexibility index (Phi) is 6.32. The van der Waals surface area contributed by atoms with E-state index in [2.05, 4.69) is 24.7 Å². The van der Waals surface area contributed by atoms with Gasteiger partial charge >= 0.3 is 6.16 Å². The molecule has 0 saturated carbocycles. The van der Waals surface area contributed by atoms with E-state index in [1.54, 1.807) is 6.08 Å². The van der Waals surface area contributed by atoms with Crippen LogP contribution in [0.5, 0.6) is 5.75 Å². The van der Waals surface area contributed by atoms with Gasteiger partial charge in [-0.2, -0.15) is 0 Å². The molecule has 0 amide bonds. The predicted molar refractivity (Wildman–Crippen MR) is 94.7 cm³/mol. The highest BCUT2D eigenvalue weighted by Crippen LogP contribution is 2.28. The largest absolute Gasteiger partial charge is 0.508 e. The summed E-state index contributed by atoms with van der Waals surface area (Å²) in [6.07, 6.45) is 4.02. The van der Waals surface area contributed by atoms with Gasteiger partial charge in [-0.1, -0.05) is 30.7 Å². The zero-order chi connectivity index (χ0) is 17.7. The van der Waals surface area contributed by atoms with Crippen molar-refractivity contribution in [3.05, 3.63) is 51.6 Å². The Morgan fingerprint density at radius 1 is 1.29 bits per heavy atom. The van der Waals surface area contributed by atoms with Gasteiger partial charge in [0.1, 0.15) is 18.5 Å². The maximum Gasteiger partial charge on any atom is 0.508 e. The molecule has 1 aliphatic rings. The first kappa shape index (κ1) is 18.4. The molecule has 0 fully saturated rings. The first-order valence-corrected chi connectivity index (χ1v) is 8.36. The normalized spacial score (nSPS) is 17.0. The molecule has 130 valence electrons. The lowest BCUT2D eigenvalue weighted by Crippen LogP contribution is -2.25. The Hall–Kier alpha value is -1.94. The van der Waals surface area contributed by atoms with Gasteiger partial charge in [-0.3, -0.25) is 0 Å². The number of hydrogen-bond donors (Lipinski definition) is 0. The molecule has 0 radical (unpaired) electrons. The summed E-state index contributed by atoms with van der Waals surface area (Å²) in [5, 5.41) is 0.537. The summed E-state index contributed by atoms with van der Waals surface area (Å²) < 4.78 is 15.8. The van der Waals surface area contributed by atoms with E-state index >= 15 is 0 Å². The van der Waals surface area contributed by atoms with Crippen LogP contribution in [-0.2, 0) is 15.9 Å². The highest BCUT2D eigenvalue weighted by molar-refractivity contribution is 6.31. The van der Waals surface area contributed by atoms with E-state index in [9.17, 15) is 4.79 Å². The van der Waals surface area contributed by atoms with Crippen molar-refractivity contribution >= 4 is 17.8 Å². The summed E-state index contributed by atoms with van der Waals surface area (Å²) in [4.78, 5) is 11.4. The van der Waals surface area contributed by atoms with Gasteiger partial charge in [0.15, 0.2) is 0 Å². The van der Waals surface area contributed by atoms with E-state index in [1.165, 1.54) is 18.2 Å². The summed E-state index contributed by atoms with van der Waals surface area (Å²) in [6.45, 7) is 6.49. The molecular weight excluding hydrogens is 328 g/mol. The molecule has 1 aromatic rings. The molecule has 0 aliphatic heterocycles. The minimum atomic E-state index is -0.725. The van der Waals surface area contributed by atoms with Crippen molar-refractivity contribution in [3.8, 4) is 5.75 Å². The average Bonchev–Trinajstić information content (AvgIpc) is 2.56. The van der Waals surface area contributed by atoms with Crippen molar-refractivity contribution in [2.24, 2.45) is 0 Å². The maximum absolute atomic E-state index is 11.4. The van der Waals surface area contributed by atoms with E-state index in [-0.39, 0.29) is 6.61 Å². The first-order valence-electron chi connectivity index (χ1n) is 7.98. The fourth-order valence-electron chi connectivity index (χ4n) is 2.68. The molecule has 0 bridgehead atoms. The van der Waals surface area contributed by atoms with Gasteiger partial charge < -0.3 is 14.2 Å². The lowest BCUT2D eigenvalue weighted by Gasteiger charge is -2.23. The molecule has 1 aromatic carbocycles. The molecule has 1 atom stereocenters. The lowest BCUT2D eigenvalue weighted by atomic mass is 10.0. The fourth-order valence-corrected chi connectivity index (χ4v) is 2.95. The highest BCUT2D eigenvalue weighted by atomic mass is 35.5. The van der Waals surface area contributed by atoms with E-state index in [4.69, 9.17) is 21.1 Å². The molecule has 5 heteroatoms. The molecule has 0 N–H and O–H groups in total. The molecule has 1 aliphatic carbocycles. The quantitative estimate of drug-likeness (QED) is 0.712. The number of aryl methyl sites for hydroxylation is 3. The fraction of sp³-hybridized carbons (Fsp3) is 0.421. The van der Waals surface area contributed by atoms with E-state index in [0.717, 1.165) is 23.3 Å². The van der Waals surface area contributed by atoms with Crippen LogP contribution in [0.1, 0.15) is 30.0 Å². The Morgan fingerprint density at radius 3 is 2.71 bits per heavy atom. The van der Waals surface area contributed by atoms with Crippen molar-refractivity contribution in [1.82, 2.24) is 0 Å². The molecule has 0 heterocycles. The van der Waals surface area contributed by atoms with Gasteiger partial charge in [-0.05, 0) is 49.1 Å². The van der Waals surface area contributed by atoms with Crippen molar-refractivity contribution in [2.75, 3.05) is 13.7 Å². The topological polar surface area (TPSA) is 44.8 Å². The van der Waals surface area contributed by atoms with Gasteiger partial charge in [0.25, 0.3) is 0 Å². The van der Waals surface area contributed by atoms with Crippen LogP contribution in [0.25, 0.3) is 0 Å². The van der Waals surface area contributed by atoms with Crippen molar-refractivity contribution in [3.63, 3.8) is 0 Å². The Balaban J connectivity index is 2.15. The maximum atomic E-state index is 11.4. The smallest absolute Gasteiger partial charge is 0.489 e. The number of carbonyl (C=O) groups excluding carboxylic acids is 1. The third-order valence-electron chi connectivity index (χ3n) is 4.11. The molecule has 2 rings (SSSR count). The van der Waals surface area contributed by atoms with Gasteiger partial charge in [-0.25, -0.2) is 4.79 Å². The molecule has 1 unspecified atom stereocenters. The molecule has 0 saturated heterocycles. The monoisotopic (exact) mass is 350 g/mol. The molecule has 24 heavy (non-hydrogen) atoms. The number of allylic oxidation sites excluding steroid dienone is 2. The van der Waals surface area contributed by atoms with Crippen LogP contribution in [0.2, 0.25) is 0 Å². The number of rotatable bonds is 5. The minimum absolute atomic E-state index is 0.261. The van der Waals surface area contributed by atoms with Crippen LogP contribution in [0.3, 0.4) is 0 Å². The molecule has 0 spiro atoms. The molecule has 0 aromatic heterocycles. The van der Waals surface area contributed by atoms with Crippen molar-refractivity contribution < 1.29 is 19.0 Å². The number of benzene rings is 1. The summed E-state index contributed by atoms with van der Waals surface area (Å²) >= 11 is 6.27. The number of methoxy groups -OCH3 is 1. The summed E-state index contributed by atoms with van der Waals surface area (Å²) in [5.41, 5.74) is 4.32. The SMILES string of the molecule is CCc1cc(C)c(OCC2=C(Cl)C=CCC2OC(=O)OC)cc1C. The van der Waals surface area contributed by atoms with Gasteiger partial charge in [0.05, 0.1) is 7.11 Å². The van der Waals surface area contributed by atoms with E-state index in [0.29, 0.717) is 11.5 Å². The first-order chi connectivity index (χ1) is 11.5. The van der Waals surface area contributed by atoms with Gasteiger partial charge in [0, 0.05) is 17.0 Å². The van der Waals surface area contributed by atoms with Crippen LogP contribution >= 0.6 is 11.6 Å². The van der Waals surface area contributed by atoms with Gasteiger partial charge in [-0.15, -0.1) is 0 Å². The van der Waals surface area contributed by atoms with Gasteiger partial charge in [0.2, 0.25) is 0 Å². The molecule has 4 nitrogen and oxygen atoms in total. The van der Waals surface area contributed by atoms with Crippen molar-refractivity contribution in [2.45, 2.75) is 39.7 Å². The predicted octanol–water partition coefficient (Wildman–Crippen LogP) is 4.85.